The smallest absolute Gasteiger partial charge is 0.258 e. The molecule has 1 aliphatic heterocycles. The number of carbonyl (C=O) groups is 1. The van der Waals surface area contributed by atoms with E-state index in [-0.39, 0.29) is 5.91 Å². The third kappa shape index (κ3) is 3.89. The van der Waals surface area contributed by atoms with E-state index >= 15 is 0 Å². The fourth-order valence-electron chi connectivity index (χ4n) is 2.74. The molecular formula is C20H17N3O2S2. The van der Waals surface area contributed by atoms with Crippen LogP contribution in [0.3, 0.4) is 0 Å². The molecule has 4 rings (SSSR count). The molecule has 7 heteroatoms. The molecule has 1 aromatic carbocycles. The zero-order valence-corrected chi connectivity index (χ0v) is 16.3. The van der Waals surface area contributed by atoms with Crippen LogP contribution < -0.4 is 4.74 Å². The van der Waals surface area contributed by atoms with Gasteiger partial charge in [0.1, 0.15) is 10.8 Å². The van der Waals surface area contributed by atoms with Gasteiger partial charge in [0.25, 0.3) is 5.91 Å². The number of hydrogen-bond donors (Lipinski definition) is 0. The number of amides is 1. The van der Waals surface area contributed by atoms with Crippen LogP contribution in [-0.4, -0.2) is 40.2 Å². The van der Waals surface area contributed by atoms with Gasteiger partial charge < -0.3 is 9.64 Å². The number of carbonyl (C=O) groups excluding carboxylic acids is 1. The molecule has 0 saturated carbocycles. The normalized spacial score (nSPS) is 15.3. The molecule has 136 valence electrons. The third-order valence-electron chi connectivity index (χ3n) is 4.11. The van der Waals surface area contributed by atoms with Gasteiger partial charge in [0, 0.05) is 41.2 Å². The van der Waals surface area contributed by atoms with Crippen LogP contribution in [0.25, 0.3) is 16.6 Å². The summed E-state index contributed by atoms with van der Waals surface area (Å²) in [5, 5.41) is 3.86. The second kappa shape index (κ2) is 7.94. The van der Waals surface area contributed by atoms with Crippen molar-refractivity contribution in [2.24, 2.45) is 0 Å². The highest BCUT2D eigenvalue weighted by molar-refractivity contribution is 8.03. The minimum Gasteiger partial charge on any atom is -0.497 e. The lowest BCUT2D eigenvalue weighted by Crippen LogP contribution is -2.26. The van der Waals surface area contributed by atoms with Gasteiger partial charge in [-0.15, -0.1) is 23.1 Å². The SMILES string of the molecule is COc1ccc(C(=O)N2CCS/C2=C/c2csc(-c3cccnc3)n2)cc1. The zero-order valence-electron chi connectivity index (χ0n) is 14.7. The number of nitrogens with zero attached hydrogens (tertiary/aromatic N) is 3. The van der Waals surface area contributed by atoms with Gasteiger partial charge in [-0.05, 0) is 42.5 Å². The number of pyridine rings is 1. The monoisotopic (exact) mass is 395 g/mol. The molecule has 1 aliphatic rings. The van der Waals surface area contributed by atoms with Gasteiger partial charge in [-0.3, -0.25) is 9.78 Å². The highest BCUT2D eigenvalue weighted by atomic mass is 32.2. The Balaban J connectivity index is 1.55. The molecule has 0 atom stereocenters. The number of thiazole rings is 1. The third-order valence-corrected chi connectivity index (χ3v) is 6.05. The molecule has 0 radical (unpaired) electrons. The molecule has 0 N–H and O–H groups in total. The number of hydrogen-bond acceptors (Lipinski definition) is 6. The van der Waals surface area contributed by atoms with Crippen LogP contribution in [0.2, 0.25) is 0 Å². The first-order valence-corrected chi connectivity index (χ1v) is 10.3. The Labute approximate surface area is 165 Å². The quantitative estimate of drug-likeness (QED) is 0.655. The molecule has 0 aliphatic carbocycles. The fourth-order valence-corrected chi connectivity index (χ4v) is 4.53. The first-order valence-electron chi connectivity index (χ1n) is 8.41. The summed E-state index contributed by atoms with van der Waals surface area (Å²) >= 11 is 3.25. The summed E-state index contributed by atoms with van der Waals surface area (Å²) in [5.41, 5.74) is 2.51. The molecule has 27 heavy (non-hydrogen) atoms. The van der Waals surface area contributed by atoms with Gasteiger partial charge in [0.05, 0.1) is 17.8 Å². The van der Waals surface area contributed by atoms with Crippen LogP contribution in [-0.2, 0) is 0 Å². The molecule has 0 unspecified atom stereocenters. The van der Waals surface area contributed by atoms with Crippen molar-refractivity contribution in [1.29, 1.82) is 0 Å². The molecule has 1 saturated heterocycles. The van der Waals surface area contributed by atoms with Crippen molar-refractivity contribution in [1.82, 2.24) is 14.9 Å². The zero-order chi connectivity index (χ0) is 18.6. The van der Waals surface area contributed by atoms with Crippen molar-refractivity contribution >= 4 is 35.1 Å². The summed E-state index contributed by atoms with van der Waals surface area (Å²) in [6.07, 6.45) is 5.53. The van der Waals surface area contributed by atoms with Crippen molar-refractivity contribution in [2.45, 2.75) is 0 Å². The molecule has 0 bridgehead atoms. The summed E-state index contributed by atoms with van der Waals surface area (Å²) < 4.78 is 5.16. The predicted molar refractivity (Wildman–Crippen MR) is 110 cm³/mol. The standard InChI is InChI=1S/C20H17N3O2S2/c1-25-17-6-4-14(5-7-17)20(24)23-9-10-26-18(23)11-16-13-27-19(22-16)15-3-2-8-21-12-15/h2-8,11-13H,9-10H2,1H3/b18-11+. The van der Waals surface area contributed by atoms with E-state index in [0.717, 1.165) is 32.8 Å². The van der Waals surface area contributed by atoms with Gasteiger partial charge in [-0.1, -0.05) is 0 Å². The second-order valence-electron chi connectivity index (χ2n) is 5.84. The summed E-state index contributed by atoms with van der Waals surface area (Å²) in [6, 6.07) is 11.1. The maximum absolute atomic E-state index is 12.9. The number of thioether (sulfide) groups is 1. The highest BCUT2D eigenvalue weighted by Crippen LogP contribution is 2.32. The molecular weight excluding hydrogens is 378 g/mol. The first-order chi connectivity index (χ1) is 13.2. The molecule has 5 nitrogen and oxygen atoms in total. The number of benzene rings is 1. The Kier molecular flexibility index (Phi) is 5.22. The summed E-state index contributed by atoms with van der Waals surface area (Å²) in [6.45, 7) is 0.695. The average Bonchev–Trinajstić information content (AvgIpc) is 3.38. The van der Waals surface area contributed by atoms with Crippen LogP contribution >= 0.6 is 23.1 Å². The van der Waals surface area contributed by atoms with Crippen molar-refractivity contribution in [3.8, 4) is 16.3 Å². The van der Waals surface area contributed by atoms with Gasteiger partial charge in [0.2, 0.25) is 0 Å². The Morgan fingerprint density at radius 3 is 2.85 bits per heavy atom. The van der Waals surface area contributed by atoms with Crippen LogP contribution in [0.15, 0.2) is 59.2 Å². The van der Waals surface area contributed by atoms with Crippen molar-refractivity contribution in [3.63, 3.8) is 0 Å². The lowest BCUT2D eigenvalue weighted by Gasteiger charge is -2.17. The first kappa shape index (κ1) is 17.8. The summed E-state index contributed by atoms with van der Waals surface area (Å²) in [5.74, 6) is 1.62. The minimum absolute atomic E-state index is 0.00313. The van der Waals surface area contributed by atoms with E-state index in [1.165, 1.54) is 0 Å². The Morgan fingerprint density at radius 1 is 1.26 bits per heavy atom. The maximum Gasteiger partial charge on any atom is 0.258 e. The van der Waals surface area contributed by atoms with Crippen molar-refractivity contribution < 1.29 is 9.53 Å². The van der Waals surface area contributed by atoms with E-state index in [1.54, 1.807) is 66.9 Å². The van der Waals surface area contributed by atoms with E-state index < -0.39 is 0 Å². The number of rotatable bonds is 4. The average molecular weight is 396 g/mol. The van der Waals surface area contributed by atoms with Gasteiger partial charge >= 0.3 is 0 Å². The van der Waals surface area contributed by atoms with Crippen molar-refractivity contribution in [3.05, 3.63) is 70.5 Å². The highest BCUT2D eigenvalue weighted by Gasteiger charge is 2.25. The largest absolute Gasteiger partial charge is 0.497 e. The van der Waals surface area contributed by atoms with Crippen LogP contribution in [0.4, 0.5) is 0 Å². The van der Waals surface area contributed by atoms with E-state index in [2.05, 4.69) is 9.97 Å². The Hall–Kier alpha value is -2.64. The molecule has 1 amide bonds. The molecule has 3 aromatic rings. The molecule has 3 heterocycles. The number of methoxy groups -OCH3 is 1. The topological polar surface area (TPSA) is 55.3 Å². The van der Waals surface area contributed by atoms with E-state index in [0.29, 0.717) is 12.1 Å². The van der Waals surface area contributed by atoms with Gasteiger partial charge in [-0.2, -0.15) is 0 Å². The van der Waals surface area contributed by atoms with Gasteiger partial charge in [0.15, 0.2) is 0 Å². The van der Waals surface area contributed by atoms with Crippen molar-refractivity contribution in [2.75, 3.05) is 19.4 Å². The molecule has 0 spiro atoms. The number of ether oxygens (including phenoxy) is 1. The predicted octanol–water partition coefficient (Wildman–Crippen LogP) is 4.40. The van der Waals surface area contributed by atoms with E-state index in [9.17, 15) is 4.79 Å². The molecule has 1 fully saturated rings. The summed E-state index contributed by atoms with van der Waals surface area (Å²) in [4.78, 5) is 23.5. The van der Waals surface area contributed by atoms with Crippen LogP contribution in [0.1, 0.15) is 16.1 Å². The Bertz CT molecular complexity index is 968. The minimum atomic E-state index is -0.00313. The van der Waals surface area contributed by atoms with E-state index in [4.69, 9.17) is 4.74 Å². The van der Waals surface area contributed by atoms with Crippen LogP contribution in [0, 0.1) is 0 Å². The lowest BCUT2D eigenvalue weighted by molar-refractivity contribution is 0.0831. The van der Waals surface area contributed by atoms with Crippen LogP contribution in [0.5, 0.6) is 5.75 Å². The van der Waals surface area contributed by atoms with Gasteiger partial charge in [-0.25, -0.2) is 4.98 Å². The van der Waals surface area contributed by atoms with E-state index in [1.807, 2.05) is 28.5 Å². The Morgan fingerprint density at radius 2 is 2.11 bits per heavy atom. The molecule has 2 aromatic heterocycles. The number of aromatic nitrogens is 2. The fraction of sp³-hybridized carbons (Fsp3) is 0.150. The maximum atomic E-state index is 12.9. The lowest BCUT2D eigenvalue weighted by atomic mass is 10.2. The second-order valence-corrected chi connectivity index (χ2v) is 7.81. The summed E-state index contributed by atoms with van der Waals surface area (Å²) in [7, 11) is 1.61.